The molecule has 1 saturated carbocycles. The van der Waals surface area contributed by atoms with Gasteiger partial charge in [-0.1, -0.05) is 30.9 Å². The van der Waals surface area contributed by atoms with Crippen LogP contribution in [0, 0.1) is 0 Å². The minimum atomic E-state index is -1.11. The van der Waals surface area contributed by atoms with Crippen LogP contribution in [0.5, 0.6) is 0 Å². The number of nitrogens with one attached hydrogen (secondary N) is 2. The van der Waals surface area contributed by atoms with E-state index in [1.807, 2.05) is 0 Å². The van der Waals surface area contributed by atoms with E-state index >= 15 is 0 Å². The van der Waals surface area contributed by atoms with Crippen molar-refractivity contribution in [1.82, 2.24) is 15.6 Å². The fourth-order valence-corrected chi connectivity index (χ4v) is 2.57. The lowest BCUT2D eigenvalue weighted by Crippen LogP contribution is -2.48. The molecule has 0 spiro atoms. The summed E-state index contributed by atoms with van der Waals surface area (Å²) in [7, 11) is 0. The van der Waals surface area contributed by atoms with E-state index in [9.17, 15) is 14.4 Å². The first-order valence-corrected chi connectivity index (χ1v) is 8.27. The first kappa shape index (κ1) is 18.2. The van der Waals surface area contributed by atoms with E-state index in [0.717, 1.165) is 25.7 Å². The van der Waals surface area contributed by atoms with Gasteiger partial charge in [0.15, 0.2) is 6.10 Å². The van der Waals surface area contributed by atoms with Gasteiger partial charge in [-0.3, -0.25) is 10.1 Å². The summed E-state index contributed by atoms with van der Waals surface area (Å²) in [6.45, 7) is 1.39. The number of amides is 3. The number of imide groups is 1. The molecule has 0 bridgehead atoms. The van der Waals surface area contributed by atoms with Crippen molar-refractivity contribution >= 4 is 29.5 Å². The van der Waals surface area contributed by atoms with Crippen LogP contribution >= 0.6 is 11.6 Å². The van der Waals surface area contributed by atoms with Crippen LogP contribution in [0.4, 0.5) is 4.79 Å². The van der Waals surface area contributed by atoms with Crippen molar-refractivity contribution in [2.45, 2.75) is 51.2 Å². The molecule has 3 amide bonds. The lowest BCUT2D eigenvalue weighted by Gasteiger charge is -2.23. The van der Waals surface area contributed by atoms with Gasteiger partial charge >= 0.3 is 12.0 Å². The molecule has 1 aromatic heterocycles. The molecule has 1 aliphatic rings. The van der Waals surface area contributed by atoms with E-state index in [0.29, 0.717) is 0 Å². The van der Waals surface area contributed by atoms with E-state index in [2.05, 4.69) is 15.6 Å². The summed E-state index contributed by atoms with van der Waals surface area (Å²) in [6.07, 6.45) is 5.29. The van der Waals surface area contributed by atoms with Crippen LogP contribution in [0.15, 0.2) is 18.3 Å². The molecule has 0 unspecified atom stereocenters. The molecule has 2 N–H and O–H groups in total. The normalized spacial score (nSPS) is 16.1. The summed E-state index contributed by atoms with van der Waals surface area (Å²) in [5.74, 6) is -1.40. The Labute approximate surface area is 145 Å². The average molecular weight is 354 g/mol. The number of carbonyl (C=O) groups is 3. The molecule has 8 heteroatoms. The van der Waals surface area contributed by atoms with Crippen LogP contribution in [0.2, 0.25) is 5.15 Å². The molecule has 0 saturated heterocycles. The molecule has 1 fully saturated rings. The number of aromatic nitrogens is 1. The number of pyridine rings is 1. The molecule has 1 heterocycles. The lowest BCUT2D eigenvalue weighted by molar-refractivity contribution is -0.127. The second-order valence-corrected chi connectivity index (χ2v) is 6.10. The zero-order chi connectivity index (χ0) is 17.5. The van der Waals surface area contributed by atoms with Crippen molar-refractivity contribution in [2.75, 3.05) is 0 Å². The second-order valence-electron chi connectivity index (χ2n) is 5.71. The van der Waals surface area contributed by atoms with Gasteiger partial charge in [0.05, 0.1) is 5.56 Å². The number of ether oxygens (including phenoxy) is 1. The summed E-state index contributed by atoms with van der Waals surface area (Å²) in [6, 6.07) is 2.41. The van der Waals surface area contributed by atoms with Crippen LogP contribution < -0.4 is 10.6 Å². The number of nitrogens with zero attached hydrogens (tertiary/aromatic N) is 1. The first-order valence-electron chi connectivity index (χ1n) is 7.89. The molecule has 1 aromatic rings. The highest BCUT2D eigenvalue weighted by Gasteiger charge is 2.22. The largest absolute Gasteiger partial charge is 0.449 e. The van der Waals surface area contributed by atoms with Crippen LogP contribution in [-0.4, -0.2) is 35.0 Å². The predicted molar refractivity (Wildman–Crippen MR) is 87.7 cm³/mol. The highest BCUT2D eigenvalue weighted by atomic mass is 35.5. The third-order valence-corrected chi connectivity index (χ3v) is 4.02. The Balaban J connectivity index is 1.79. The van der Waals surface area contributed by atoms with E-state index < -0.39 is 24.0 Å². The lowest BCUT2D eigenvalue weighted by atomic mass is 9.96. The molecule has 1 atom stereocenters. The third kappa shape index (κ3) is 5.49. The van der Waals surface area contributed by atoms with E-state index in [-0.39, 0.29) is 16.8 Å². The number of hydrogen-bond acceptors (Lipinski definition) is 5. The summed E-state index contributed by atoms with van der Waals surface area (Å²) < 4.78 is 5.01. The van der Waals surface area contributed by atoms with Crippen molar-refractivity contribution in [3.8, 4) is 0 Å². The number of esters is 1. The summed E-state index contributed by atoms with van der Waals surface area (Å²) in [5, 5.41) is 5.20. The molecule has 24 heavy (non-hydrogen) atoms. The topological polar surface area (TPSA) is 97.4 Å². The van der Waals surface area contributed by atoms with Gasteiger partial charge in [0, 0.05) is 12.2 Å². The SMILES string of the molecule is C[C@H](OC(=O)c1ccc(Cl)nc1)C(=O)NC(=O)NC1CCCCC1. The predicted octanol–water partition coefficient (Wildman–Crippen LogP) is 2.44. The maximum Gasteiger partial charge on any atom is 0.340 e. The van der Waals surface area contributed by atoms with Gasteiger partial charge in [-0.2, -0.15) is 0 Å². The van der Waals surface area contributed by atoms with Crippen LogP contribution in [0.3, 0.4) is 0 Å². The molecule has 130 valence electrons. The van der Waals surface area contributed by atoms with Gasteiger partial charge < -0.3 is 10.1 Å². The van der Waals surface area contributed by atoms with Crippen LogP contribution in [0.25, 0.3) is 0 Å². The fourth-order valence-electron chi connectivity index (χ4n) is 2.46. The van der Waals surface area contributed by atoms with Crippen molar-refractivity contribution in [2.24, 2.45) is 0 Å². The molecular weight excluding hydrogens is 334 g/mol. The minimum absolute atomic E-state index is 0.0875. The van der Waals surface area contributed by atoms with Crippen LogP contribution in [0.1, 0.15) is 49.4 Å². The van der Waals surface area contributed by atoms with E-state index in [4.69, 9.17) is 16.3 Å². The van der Waals surface area contributed by atoms with Gasteiger partial charge in [-0.15, -0.1) is 0 Å². The number of rotatable bonds is 4. The van der Waals surface area contributed by atoms with Gasteiger partial charge in [-0.05, 0) is 31.9 Å². The smallest absolute Gasteiger partial charge is 0.340 e. The van der Waals surface area contributed by atoms with E-state index in [1.54, 1.807) is 0 Å². The third-order valence-electron chi connectivity index (χ3n) is 3.79. The fraction of sp³-hybridized carbons (Fsp3) is 0.500. The molecule has 0 aromatic carbocycles. The Kier molecular flexibility index (Phi) is 6.54. The van der Waals surface area contributed by atoms with Gasteiger partial charge in [0.2, 0.25) is 0 Å². The number of halogens is 1. The Bertz CT molecular complexity index is 600. The highest BCUT2D eigenvalue weighted by molar-refractivity contribution is 6.29. The number of urea groups is 1. The second kappa shape index (κ2) is 8.63. The molecule has 0 aliphatic heterocycles. The van der Waals surface area contributed by atoms with E-state index in [1.165, 1.54) is 31.7 Å². The van der Waals surface area contributed by atoms with Gasteiger partial charge in [-0.25, -0.2) is 14.6 Å². The molecule has 7 nitrogen and oxygen atoms in total. The first-order chi connectivity index (χ1) is 11.5. The zero-order valence-corrected chi connectivity index (χ0v) is 14.1. The van der Waals surface area contributed by atoms with Gasteiger partial charge in [0.1, 0.15) is 5.15 Å². The van der Waals surface area contributed by atoms with Crippen molar-refractivity contribution in [3.63, 3.8) is 0 Å². The molecule has 0 radical (unpaired) electrons. The Morgan fingerprint density at radius 1 is 1.25 bits per heavy atom. The van der Waals surface area contributed by atoms with Crippen molar-refractivity contribution < 1.29 is 19.1 Å². The van der Waals surface area contributed by atoms with Crippen LogP contribution in [-0.2, 0) is 9.53 Å². The van der Waals surface area contributed by atoms with Crippen molar-refractivity contribution in [1.29, 1.82) is 0 Å². The average Bonchev–Trinajstić information content (AvgIpc) is 2.56. The molecular formula is C16H20ClN3O4. The van der Waals surface area contributed by atoms with Gasteiger partial charge in [0.25, 0.3) is 5.91 Å². The summed E-state index contributed by atoms with van der Waals surface area (Å²) in [5.41, 5.74) is 0.172. The molecule has 1 aliphatic carbocycles. The summed E-state index contributed by atoms with van der Waals surface area (Å²) in [4.78, 5) is 39.4. The maximum atomic E-state index is 11.9. The van der Waals surface area contributed by atoms with Crippen molar-refractivity contribution in [3.05, 3.63) is 29.0 Å². The standard InChI is InChI=1S/C16H20ClN3O4/c1-10(24-15(22)11-7-8-13(17)18-9-11)14(21)20-16(23)19-12-5-3-2-4-6-12/h7-10,12H,2-6H2,1H3,(H2,19,20,21,23)/t10-/m0/s1. The Morgan fingerprint density at radius 2 is 1.96 bits per heavy atom. The monoisotopic (exact) mass is 353 g/mol. The Hall–Kier alpha value is -2.15. The quantitative estimate of drug-likeness (QED) is 0.640. The Morgan fingerprint density at radius 3 is 2.58 bits per heavy atom. The molecule has 2 rings (SSSR count). The highest BCUT2D eigenvalue weighted by Crippen LogP contribution is 2.17. The minimum Gasteiger partial charge on any atom is -0.449 e. The number of carbonyl (C=O) groups excluding carboxylic acids is 3. The maximum absolute atomic E-state index is 11.9. The number of hydrogen-bond donors (Lipinski definition) is 2. The summed E-state index contributed by atoms with van der Waals surface area (Å²) >= 11 is 5.64. The zero-order valence-electron chi connectivity index (χ0n) is 13.4.